The molecule has 0 aromatic carbocycles. The molecule has 1 saturated carbocycles. The summed E-state index contributed by atoms with van der Waals surface area (Å²) in [7, 11) is 1.19. The Hall–Kier alpha value is -1.31. The van der Waals surface area contributed by atoms with Crippen LogP contribution in [0.4, 0.5) is 0 Å². The van der Waals surface area contributed by atoms with Crippen molar-refractivity contribution in [2.24, 2.45) is 11.8 Å². The summed E-state index contributed by atoms with van der Waals surface area (Å²) in [6, 6.07) is 0. The Morgan fingerprint density at radius 2 is 1.89 bits per heavy atom. The average Bonchev–Trinajstić information content (AvgIpc) is 2.91. The van der Waals surface area contributed by atoms with Crippen molar-refractivity contribution in [3.05, 3.63) is 11.8 Å². The Kier molecular flexibility index (Phi) is 5.99. The number of carbonyl (C=O) groups excluding carboxylic acids is 1. The first-order chi connectivity index (χ1) is 13.1. The van der Waals surface area contributed by atoms with Crippen molar-refractivity contribution in [1.29, 1.82) is 0 Å². The maximum Gasteiger partial charge on any atom is 0.337 e. The van der Waals surface area contributed by atoms with Crippen LogP contribution in [-0.4, -0.2) is 99.0 Å². The fraction of sp³-hybridized carbons (Fsp3) is 0.824. The Balaban J connectivity index is 1.85. The number of esters is 1. The van der Waals surface area contributed by atoms with Crippen molar-refractivity contribution < 1.29 is 54.4 Å². The lowest BCUT2D eigenvalue weighted by Crippen LogP contribution is -2.61. The second kappa shape index (κ2) is 7.84. The number of ether oxygens (including phenoxy) is 4. The minimum Gasteiger partial charge on any atom is -0.471 e. The summed E-state index contributed by atoms with van der Waals surface area (Å²) in [5.41, 5.74) is -1.57. The Morgan fingerprint density at radius 3 is 2.50 bits per heavy atom. The van der Waals surface area contributed by atoms with Crippen LogP contribution in [0.2, 0.25) is 0 Å². The molecule has 3 aliphatic rings. The molecule has 0 bridgehead atoms. The van der Waals surface area contributed by atoms with Crippen LogP contribution in [-0.2, 0) is 23.7 Å². The zero-order valence-corrected chi connectivity index (χ0v) is 15.4. The van der Waals surface area contributed by atoms with E-state index in [1.807, 2.05) is 0 Å². The van der Waals surface area contributed by atoms with E-state index in [9.17, 15) is 35.4 Å². The molecule has 0 amide bonds. The van der Waals surface area contributed by atoms with Crippen LogP contribution in [0.25, 0.3) is 0 Å². The van der Waals surface area contributed by atoms with Gasteiger partial charge in [-0.1, -0.05) is 0 Å². The van der Waals surface area contributed by atoms with Gasteiger partial charge in [-0.3, -0.25) is 0 Å². The topological polar surface area (TPSA) is 175 Å². The lowest BCUT2D eigenvalue weighted by molar-refractivity contribution is -0.347. The molecule has 11 nitrogen and oxygen atoms in total. The number of hydrogen-bond donors (Lipinski definition) is 6. The summed E-state index contributed by atoms with van der Waals surface area (Å²) in [4.78, 5) is 12.0. The summed E-state index contributed by atoms with van der Waals surface area (Å²) in [6.07, 6.45) is -8.83. The lowest BCUT2D eigenvalue weighted by Gasteiger charge is -2.44. The number of hydrogen-bond acceptors (Lipinski definition) is 11. The first kappa shape index (κ1) is 21.4. The highest BCUT2D eigenvalue weighted by Crippen LogP contribution is 2.49. The molecule has 160 valence electrons. The maximum absolute atomic E-state index is 12.0. The molecule has 3 rings (SSSR count). The lowest BCUT2D eigenvalue weighted by atomic mass is 9.81. The van der Waals surface area contributed by atoms with E-state index in [0.717, 1.165) is 6.26 Å². The second-order valence-corrected chi connectivity index (χ2v) is 7.51. The zero-order chi connectivity index (χ0) is 20.8. The van der Waals surface area contributed by atoms with E-state index in [1.54, 1.807) is 0 Å². The van der Waals surface area contributed by atoms with Crippen molar-refractivity contribution in [2.45, 2.75) is 62.0 Å². The van der Waals surface area contributed by atoms with Crippen LogP contribution in [0.5, 0.6) is 0 Å². The van der Waals surface area contributed by atoms with Gasteiger partial charge in [0.2, 0.25) is 6.29 Å². The molecule has 2 fully saturated rings. The molecular weight excluding hydrogens is 380 g/mol. The van der Waals surface area contributed by atoms with Crippen molar-refractivity contribution in [2.75, 3.05) is 13.7 Å². The summed E-state index contributed by atoms with van der Waals surface area (Å²) in [5, 5.41) is 60.2. The van der Waals surface area contributed by atoms with Crippen LogP contribution in [0, 0.1) is 11.8 Å². The molecule has 10 atom stereocenters. The second-order valence-electron chi connectivity index (χ2n) is 7.51. The van der Waals surface area contributed by atoms with E-state index < -0.39 is 73.1 Å². The minimum atomic E-state index is -1.70. The van der Waals surface area contributed by atoms with Gasteiger partial charge in [0.25, 0.3) is 0 Å². The van der Waals surface area contributed by atoms with Gasteiger partial charge in [-0.05, 0) is 13.3 Å². The third-order valence-electron chi connectivity index (χ3n) is 5.82. The van der Waals surface area contributed by atoms with E-state index in [0.29, 0.717) is 0 Å². The van der Waals surface area contributed by atoms with Gasteiger partial charge < -0.3 is 49.6 Å². The molecule has 0 aromatic heterocycles. The highest BCUT2D eigenvalue weighted by molar-refractivity contribution is 5.89. The fourth-order valence-electron chi connectivity index (χ4n) is 4.10. The molecule has 1 saturated heterocycles. The first-order valence-electron chi connectivity index (χ1n) is 8.93. The zero-order valence-electron chi connectivity index (χ0n) is 15.4. The van der Waals surface area contributed by atoms with Gasteiger partial charge in [0, 0.05) is 5.92 Å². The predicted octanol–water partition coefficient (Wildman–Crippen LogP) is -3.04. The van der Waals surface area contributed by atoms with E-state index in [2.05, 4.69) is 0 Å². The quantitative estimate of drug-likeness (QED) is 0.262. The van der Waals surface area contributed by atoms with Crippen molar-refractivity contribution in [3.63, 3.8) is 0 Å². The third kappa shape index (κ3) is 3.42. The van der Waals surface area contributed by atoms with Gasteiger partial charge in [0.1, 0.15) is 24.4 Å². The molecule has 0 spiro atoms. The van der Waals surface area contributed by atoms with Crippen LogP contribution >= 0.6 is 0 Å². The summed E-state index contributed by atoms with van der Waals surface area (Å²) in [6.45, 7) is 0.737. The van der Waals surface area contributed by atoms with Crippen molar-refractivity contribution in [3.8, 4) is 0 Å². The minimum absolute atomic E-state index is 0.0521. The number of methoxy groups -OCH3 is 1. The highest BCUT2D eigenvalue weighted by Gasteiger charge is 2.60. The summed E-state index contributed by atoms with van der Waals surface area (Å²) >= 11 is 0. The molecule has 6 N–H and O–H groups in total. The van der Waals surface area contributed by atoms with Crippen LogP contribution in [0.15, 0.2) is 11.8 Å². The number of fused-ring (bicyclic) bond motifs is 1. The Morgan fingerprint density at radius 1 is 1.21 bits per heavy atom. The Labute approximate surface area is 160 Å². The molecule has 0 aromatic rings. The van der Waals surface area contributed by atoms with Gasteiger partial charge in [-0.25, -0.2) is 4.79 Å². The first-order valence-corrected chi connectivity index (χ1v) is 8.93. The van der Waals surface area contributed by atoms with E-state index in [4.69, 9.17) is 18.9 Å². The Bertz CT molecular complexity index is 618. The third-order valence-corrected chi connectivity index (χ3v) is 5.82. The number of rotatable bonds is 4. The average molecular weight is 406 g/mol. The fourth-order valence-corrected chi connectivity index (χ4v) is 4.10. The molecule has 0 radical (unpaired) electrons. The molecule has 2 heterocycles. The van der Waals surface area contributed by atoms with Gasteiger partial charge in [0.05, 0.1) is 43.2 Å². The van der Waals surface area contributed by atoms with Gasteiger partial charge >= 0.3 is 5.97 Å². The smallest absolute Gasteiger partial charge is 0.337 e. The predicted molar refractivity (Wildman–Crippen MR) is 88.1 cm³/mol. The van der Waals surface area contributed by atoms with Crippen LogP contribution in [0.1, 0.15) is 13.3 Å². The van der Waals surface area contributed by atoms with Crippen LogP contribution < -0.4 is 0 Å². The maximum atomic E-state index is 12.0. The summed E-state index contributed by atoms with van der Waals surface area (Å²) < 4.78 is 21.1. The van der Waals surface area contributed by atoms with Crippen LogP contribution in [0.3, 0.4) is 0 Å². The summed E-state index contributed by atoms with van der Waals surface area (Å²) in [5.74, 6) is -2.25. The van der Waals surface area contributed by atoms with E-state index >= 15 is 0 Å². The molecular formula is C17H26O11. The number of aliphatic hydroxyl groups excluding tert-OH is 5. The molecule has 1 aliphatic carbocycles. The molecule has 2 aliphatic heterocycles. The van der Waals surface area contributed by atoms with Gasteiger partial charge in [0.15, 0.2) is 6.29 Å². The monoisotopic (exact) mass is 406 g/mol. The number of aliphatic hydroxyl groups is 6. The molecule has 11 heteroatoms. The van der Waals surface area contributed by atoms with E-state index in [-0.39, 0.29) is 12.0 Å². The molecule has 3 unspecified atom stereocenters. The normalized spacial score (nSPS) is 48.4. The van der Waals surface area contributed by atoms with Gasteiger partial charge in [-0.15, -0.1) is 0 Å². The van der Waals surface area contributed by atoms with Crippen molar-refractivity contribution in [1.82, 2.24) is 0 Å². The van der Waals surface area contributed by atoms with Crippen molar-refractivity contribution >= 4 is 5.97 Å². The van der Waals surface area contributed by atoms with E-state index in [1.165, 1.54) is 14.0 Å². The largest absolute Gasteiger partial charge is 0.471 e. The van der Waals surface area contributed by atoms with Gasteiger partial charge in [-0.2, -0.15) is 0 Å². The molecule has 28 heavy (non-hydrogen) atoms. The standard InChI is InChI=1S/C17H26O11/c1-17(24)9(19)3-6-7(14(23)25-2)5-26-15(10(6)17)28-16-13(22)12(21)11(20)8(4-18)27-16/h5-6,8-13,15-16,18-22,24H,3-4H2,1-2H3/t6?,8-,9+,10?,11-,12+,13-,15?,16+,17+/m1/s1. The highest BCUT2D eigenvalue weighted by atomic mass is 16.8. The number of carbonyl (C=O) groups is 1. The SMILES string of the molecule is COC(=O)C1=COC(O[C@@H]2O[C@H](CO)[C@@H](O)[C@H](O)[C@H]2O)C2C1C[C@H](O)[C@]2(C)O.